The molecule has 0 saturated carbocycles. The quantitative estimate of drug-likeness (QED) is 0.740. The van der Waals surface area contributed by atoms with Crippen molar-refractivity contribution in [2.75, 3.05) is 0 Å². The predicted molar refractivity (Wildman–Crippen MR) is 62.4 cm³/mol. The first-order chi connectivity index (χ1) is 7.15. The molecule has 0 atom stereocenters. The maximum atomic E-state index is 11.7. The average Bonchev–Trinajstić information content (AvgIpc) is 2.26. The first-order valence-electron chi connectivity index (χ1n) is 5.48. The first kappa shape index (κ1) is 11.8. The number of amides is 1. The van der Waals surface area contributed by atoms with Crippen LogP contribution in [0.2, 0.25) is 0 Å². The summed E-state index contributed by atoms with van der Waals surface area (Å²) in [5.74, 6) is 0.217. The molecule has 82 valence electrons. The third kappa shape index (κ3) is 3.39. The third-order valence-corrected chi connectivity index (χ3v) is 2.44. The lowest BCUT2D eigenvalue weighted by atomic mass is 10.2. The summed E-state index contributed by atoms with van der Waals surface area (Å²) in [6.07, 6.45) is 0.574. The topological polar surface area (TPSA) is 20.3 Å². The lowest BCUT2D eigenvalue weighted by Gasteiger charge is -2.26. The second-order valence-electron chi connectivity index (χ2n) is 3.95. The number of benzene rings is 1. The van der Waals surface area contributed by atoms with Crippen LogP contribution in [0.3, 0.4) is 0 Å². The Kier molecular flexibility index (Phi) is 4.35. The second kappa shape index (κ2) is 5.54. The molecule has 15 heavy (non-hydrogen) atoms. The van der Waals surface area contributed by atoms with Crippen LogP contribution in [0.1, 0.15) is 32.8 Å². The molecule has 0 radical (unpaired) electrons. The van der Waals surface area contributed by atoms with Crippen molar-refractivity contribution in [1.82, 2.24) is 4.90 Å². The van der Waals surface area contributed by atoms with Crippen molar-refractivity contribution in [3.8, 4) is 0 Å². The first-order valence-corrected chi connectivity index (χ1v) is 5.48. The third-order valence-electron chi connectivity index (χ3n) is 2.44. The summed E-state index contributed by atoms with van der Waals surface area (Å²) in [5, 5.41) is 0. The minimum Gasteiger partial charge on any atom is -0.336 e. The Morgan fingerprint density at radius 1 is 1.27 bits per heavy atom. The lowest BCUT2D eigenvalue weighted by Crippen LogP contribution is -2.35. The van der Waals surface area contributed by atoms with Crippen LogP contribution in [0.4, 0.5) is 0 Å². The molecule has 0 heterocycles. The van der Waals surface area contributed by atoms with Gasteiger partial charge >= 0.3 is 0 Å². The summed E-state index contributed by atoms with van der Waals surface area (Å²) >= 11 is 0. The molecule has 1 aromatic carbocycles. The molecule has 0 saturated heterocycles. The Balaban J connectivity index is 2.72. The number of hydrogen-bond donors (Lipinski definition) is 0. The van der Waals surface area contributed by atoms with Crippen molar-refractivity contribution in [2.45, 2.75) is 39.8 Å². The number of hydrogen-bond acceptors (Lipinski definition) is 1. The van der Waals surface area contributed by atoms with E-state index in [9.17, 15) is 4.79 Å². The van der Waals surface area contributed by atoms with Crippen LogP contribution in [-0.4, -0.2) is 16.8 Å². The monoisotopic (exact) mass is 205 g/mol. The Hall–Kier alpha value is -1.31. The minimum atomic E-state index is 0.217. The van der Waals surface area contributed by atoms with Crippen molar-refractivity contribution >= 4 is 5.91 Å². The second-order valence-corrected chi connectivity index (χ2v) is 3.95. The number of rotatable bonds is 4. The van der Waals surface area contributed by atoms with E-state index in [1.54, 1.807) is 0 Å². The highest BCUT2D eigenvalue weighted by atomic mass is 16.2. The van der Waals surface area contributed by atoms with Crippen LogP contribution < -0.4 is 0 Å². The van der Waals surface area contributed by atoms with Crippen molar-refractivity contribution in [3.05, 3.63) is 35.9 Å². The Morgan fingerprint density at radius 2 is 1.87 bits per heavy atom. The summed E-state index contributed by atoms with van der Waals surface area (Å²) in [6.45, 7) is 6.72. The minimum absolute atomic E-state index is 0.217. The van der Waals surface area contributed by atoms with Crippen LogP contribution in [0.5, 0.6) is 0 Å². The van der Waals surface area contributed by atoms with Gasteiger partial charge in [0.15, 0.2) is 0 Å². The fourth-order valence-electron chi connectivity index (χ4n) is 1.54. The van der Waals surface area contributed by atoms with Gasteiger partial charge in [-0.1, -0.05) is 37.3 Å². The molecular weight excluding hydrogens is 186 g/mol. The zero-order valence-electron chi connectivity index (χ0n) is 9.73. The number of carbonyl (C=O) groups excluding carboxylic acids is 1. The predicted octanol–water partition coefficient (Wildman–Crippen LogP) is 2.83. The molecule has 2 nitrogen and oxygen atoms in total. The Morgan fingerprint density at radius 3 is 2.33 bits per heavy atom. The largest absolute Gasteiger partial charge is 0.336 e. The van der Waals surface area contributed by atoms with E-state index in [4.69, 9.17) is 0 Å². The number of nitrogens with zero attached hydrogens (tertiary/aromatic N) is 1. The van der Waals surface area contributed by atoms with E-state index >= 15 is 0 Å². The van der Waals surface area contributed by atoms with E-state index in [0.717, 1.165) is 0 Å². The van der Waals surface area contributed by atoms with E-state index < -0.39 is 0 Å². The highest BCUT2D eigenvalue weighted by Gasteiger charge is 2.14. The highest BCUT2D eigenvalue weighted by molar-refractivity contribution is 5.76. The molecule has 0 aromatic heterocycles. The molecule has 1 aromatic rings. The van der Waals surface area contributed by atoms with Gasteiger partial charge in [-0.3, -0.25) is 4.79 Å². The van der Waals surface area contributed by atoms with Crippen LogP contribution in [-0.2, 0) is 11.3 Å². The lowest BCUT2D eigenvalue weighted by molar-refractivity contribution is -0.133. The van der Waals surface area contributed by atoms with Crippen LogP contribution in [0, 0.1) is 0 Å². The molecule has 0 spiro atoms. The summed E-state index contributed by atoms with van der Waals surface area (Å²) in [7, 11) is 0. The summed E-state index contributed by atoms with van der Waals surface area (Å²) in [6, 6.07) is 10.4. The molecule has 0 aliphatic heterocycles. The molecule has 0 bridgehead atoms. The molecule has 1 amide bonds. The van der Waals surface area contributed by atoms with E-state index in [1.807, 2.05) is 30.0 Å². The van der Waals surface area contributed by atoms with Gasteiger partial charge in [0.2, 0.25) is 5.91 Å². The smallest absolute Gasteiger partial charge is 0.222 e. The molecule has 0 unspecified atom stereocenters. The standard InChI is InChI=1S/C13H19NO/c1-4-13(15)14(11(2)3)10-12-8-6-5-7-9-12/h5-9,11H,4,10H2,1-3H3. The molecule has 0 aliphatic rings. The maximum Gasteiger partial charge on any atom is 0.222 e. The summed E-state index contributed by atoms with van der Waals surface area (Å²) < 4.78 is 0. The van der Waals surface area contributed by atoms with E-state index in [-0.39, 0.29) is 11.9 Å². The van der Waals surface area contributed by atoms with E-state index in [0.29, 0.717) is 13.0 Å². The zero-order valence-corrected chi connectivity index (χ0v) is 9.73. The van der Waals surface area contributed by atoms with Crippen molar-refractivity contribution in [1.29, 1.82) is 0 Å². The van der Waals surface area contributed by atoms with Crippen molar-refractivity contribution in [3.63, 3.8) is 0 Å². The van der Waals surface area contributed by atoms with E-state index in [1.165, 1.54) is 5.56 Å². The molecular formula is C13H19NO. The Bertz CT molecular complexity index is 306. The molecule has 1 rings (SSSR count). The zero-order chi connectivity index (χ0) is 11.3. The highest BCUT2D eigenvalue weighted by Crippen LogP contribution is 2.09. The van der Waals surface area contributed by atoms with Crippen LogP contribution >= 0.6 is 0 Å². The SMILES string of the molecule is CCC(=O)N(Cc1ccccc1)C(C)C. The van der Waals surface area contributed by atoms with Gasteiger partial charge in [-0.15, -0.1) is 0 Å². The molecule has 2 heteroatoms. The van der Waals surface area contributed by atoms with Crippen molar-refractivity contribution < 1.29 is 4.79 Å². The van der Waals surface area contributed by atoms with Gasteiger partial charge in [-0.25, -0.2) is 0 Å². The van der Waals surface area contributed by atoms with Gasteiger partial charge in [0, 0.05) is 19.0 Å². The van der Waals surface area contributed by atoms with Gasteiger partial charge in [0.1, 0.15) is 0 Å². The normalized spacial score (nSPS) is 10.4. The maximum absolute atomic E-state index is 11.7. The van der Waals surface area contributed by atoms with E-state index in [2.05, 4.69) is 26.0 Å². The fraction of sp³-hybridized carbons (Fsp3) is 0.462. The van der Waals surface area contributed by atoms with Gasteiger partial charge in [0.05, 0.1) is 0 Å². The summed E-state index contributed by atoms with van der Waals surface area (Å²) in [5.41, 5.74) is 1.19. The van der Waals surface area contributed by atoms with Gasteiger partial charge in [-0.2, -0.15) is 0 Å². The average molecular weight is 205 g/mol. The molecule has 0 N–H and O–H groups in total. The van der Waals surface area contributed by atoms with Gasteiger partial charge in [-0.05, 0) is 19.4 Å². The molecule has 0 aliphatic carbocycles. The summed E-state index contributed by atoms with van der Waals surface area (Å²) in [4.78, 5) is 13.6. The van der Waals surface area contributed by atoms with Crippen LogP contribution in [0.25, 0.3) is 0 Å². The van der Waals surface area contributed by atoms with Crippen molar-refractivity contribution in [2.24, 2.45) is 0 Å². The van der Waals surface area contributed by atoms with Gasteiger partial charge < -0.3 is 4.90 Å². The Labute approximate surface area is 91.9 Å². The van der Waals surface area contributed by atoms with Gasteiger partial charge in [0.25, 0.3) is 0 Å². The fourth-order valence-corrected chi connectivity index (χ4v) is 1.54. The molecule has 0 fully saturated rings. The van der Waals surface area contributed by atoms with Crippen LogP contribution in [0.15, 0.2) is 30.3 Å². The number of carbonyl (C=O) groups is 1.